The Morgan fingerprint density at radius 1 is 1.08 bits per heavy atom. The zero-order valence-electron chi connectivity index (χ0n) is 14.1. The van der Waals surface area contributed by atoms with Gasteiger partial charge in [-0.2, -0.15) is 8.78 Å². The van der Waals surface area contributed by atoms with Crippen LogP contribution in [-0.2, 0) is 6.54 Å². The van der Waals surface area contributed by atoms with Crippen LogP contribution in [0.4, 0.5) is 8.78 Å². The monoisotopic (exact) mass is 351 g/mol. The number of alkyl halides is 2. The van der Waals surface area contributed by atoms with Gasteiger partial charge in [0.05, 0.1) is 6.10 Å². The van der Waals surface area contributed by atoms with E-state index in [2.05, 4.69) is 4.74 Å². The van der Waals surface area contributed by atoms with Crippen LogP contribution in [0.5, 0.6) is 11.5 Å². The number of hydrogen-bond donors (Lipinski definition) is 2. The first-order chi connectivity index (χ1) is 12.0. The Balaban J connectivity index is 2.01. The maximum absolute atomic E-state index is 12.2. The third-order valence-electron chi connectivity index (χ3n) is 3.85. The van der Waals surface area contributed by atoms with Crippen LogP contribution in [0.25, 0.3) is 0 Å². The molecule has 1 unspecified atom stereocenters. The number of ether oxygens (including phenoxy) is 1. The van der Waals surface area contributed by atoms with E-state index in [0.29, 0.717) is 18.7 Å². The number of phenolic OH excluding ortho intramolecular Hbond substituents is 1. The summed E-state index contributed by atoms with van der Waals surface area (Å²) in [7, 11) is 0. The molecule has 0 fully saturated rings. The van der Waals surface area contributed by atoms with Crippen molar-refractivity contribution in [1.29, 1.82) is 0 Å². The highest BCUT2D eigenvalue weighted by molar-refractivity contribution is 5.32. The van der Waals surface area contributed by atoms with Crippen molar-refractivity contribution in [3.8, 4) is 11.5 Å². The van der Waals surface area contributed by atoms with Gasteiger partial charge in [-0.05, 0) is 36.7 Å². The fourth-order valence-electron chi connectivity index (χ4n) is 2.66. The summed E-state index contributed by atoms with van der Waals surface area (Å²) in [5, 5.41) is 20.4. The van der Waals surface area contributed by atoms with Gasteiger partial charge in [-0.15, -0.1) is 0 Å². The van der Waals surface area contributed by atoms with Crippen molar-refractivity contribution in [2.45, 2.75) is 32.6 Å². The van der Waals surface area contributed by atoms with Crippen LogP contribution in [0.2, 0.25) is 0 Å². The van der Waals surface area contributed by atoms with Crippen molar-refractivity contribution in [3.05, 3.63) is 59.7 Å². The van der Waals surface area contributed by atoms with Crippen molar-refractivity contribution in [2.24, 2.45) is 0 Å². The number of rotatable bonds is 9. The SMILES string of the molecule is CCCN(Cc1ccccc1O)CC(O)c1ccc(OC(F)F)cc1. The highest BCUT2D eigenvalue weighted by Gasteiger charge is 2.15. The first-order valence-electron chi connectivity index (χ1n) is 8.21. The second kappa shape index (κ2) is 9.34. The number of nitrogens with zero attached hydrogens (tertiary/aromatic N) is 1. The van der Waals surface area contributed by atoms with Crippen LogP contribution in [0.15, 0.2) is 48.5 Å². The van der Waals surface area contributed by atoms with Gasteiger partial charge in [0.25, 0.3) is 0 Å². The molecule has 136 valence electrons. The molecule has 0 aromatic heterocycles. The average Bonchev–Trinajstić information content (AvgIpc) is 2.57. The van der Waals surface area contributed by atoms with Crippen LogP contribution < -0.4 is 4.74 Å². The van der Waals surface area contributed by atoms with Gasteiger partial charge in [-0.1, -0.05) is 37.3 Å². The van der Waals surface area contributed by atoms with Crippen LogP contribution in [-0.4, -0.2) is 34.8 Å². The first-order valence-corrected chi connectivity index (χ1v) is 8.21. The molecule has 0 saturated carbocycles. The molecule has 0 aliphatic rings. The minimum absolute atomic E-state index is 0.0607. The summed E-state index contributed by atoms with van der Waals surface area (Å²) in [4.78, 5) is 2.04. The first kappa shape index (κ1) is 19.1. The molecule has 0 radical (unpaired) electrons. The van der Waals surface area contributed by atoms with Gasteiger partial charge in [0, 0.05) is 18.7 Å². The molecule has 0 amide bonds. The van der Waals surface area contributed by atoms with E-state index in [9.17, 15) is 19.0 Å². The van der Waals surface area contributed by atoms with Gasteiger partial charge in [-0.3, -0.25) is 4.90 Å². The minimum Gasteiger partial charge on any atom is -0.508 e. The van der Waals surface area contributed by atoms with Gasteiger partial charge in [0.2, 0.25) is 0 Å². The van der Waals surface area contributed by atoms with E-state index < -0.39 is 12.7 Å². The van der Waals surface area contributed by atoms with E-state index >= 15 is 0 Å². The van der Waals surface area contributed by atoms with Gasteiger partial charge < -0.3 is 14.9 Å². The number of halogens is 2. The zero-order valence-corrected chi connectivity index (χ0v) is 14.1. The third-order valence-corrected chi connectivity index (χ3v) is 3.85. The number of para-hydroxylation sites is 1. The van der Waals surface area contributed by atoms with E-state index in [-0.39, 0.29) is 11.5 Å². The highest BCUT2D eigenvalue weighted by atomic mass is 19.3. The standard InChI is InChI=1S/C19H23F2NO3/c1-2-11-22(12-15-5-3-4-6-17(15)23)13-18(24)14-7-9-16(10-8-14)25-19(20)21/h3-10,18-19,23-24H,2,11-13H2,1H3. The molecule has 6 heteroatoms. The Morgan fingerprint density at radius 3 is 2.36 bits per heavy atom. The molecule has 4 nitrogen and oxygen atoms in total. The second-order valence-corrected chi connectivity index (χ2v) is 5.83. The highest BCUT2D eigenvalue weighted by Crippen LogP contribution is 2.22. The van der Waals surface area contributed by atoms with Crippen molar-refractivity contribution < 1.29 is 23.7 Å². The molecule has 1 atom stereocenters. The Morgan fingerprint density at radius 2 is 1.76 bits per heavy atom. The van der Waals surface area contributed by atoms with E-state index in [4.69, 9.17) is 0 Å². The predicted octanol–water partition coefficient (Wildman–Crippen LogP) is 3.94. The Kier molecular flexibility index (Phi) is 7.16. The van der Waals surface area contributed by atoms with E-state index in [1.54, 1.807) is 24.3 Å². The lowest BCUT2D eigenvalue weighted by molar-refractivity contribution is -0.0498. The number of aliphatic hydroxyl groups is 1. The quantitative estimate of drug-likeness (QED) is 0.718. The van der Waals surface area contributed by atoms with Gasteiger partial charge in [0.1, 0.15) is 11.5 Å². The molecule has 2 rings (SSSR count). The molecule has 0 spiro atoms. The summed E-state index contributed by atoms with van der Waals surface area (Å²) in [5.74, 6) is 0.289. The van der Waals surface area contributed by atoms with Crippen molar-refractivity contribution in [1.82, 2.24) is 4.90 Å². The Labute approximate surface area is 146 Å². The smallest absolute Gasteiger partial charge is 0.387 e. The van der Waals surface area contributed by atoms with Crippen LogP contribution in [0.3, 0.4) is 0 Å². The average molecular weight is 351 g/mol. The Hall–Kier alpha value is -2.18. The molecular weight excluding hydrogens is 328 g/mol. The summed E-state index contributed by atoms with van der Waals surface area (Å²) in [6.45, 7) is 0.828. The number of hydrogen-bond acceptors (Lipinski definition) is 4. The fourth-order valence-corrected chi connectivity index (χ4v) is 2.66. The summed E-state index contributed by atoms with van der Waals surface area (Å²) in [5.41, 5.74) is 1.42. The molecule has 2 N–H and O–H groups in total. The van der Waals surface area contributed by atoms with Gasteiger partial charge in [-0.25, -0.2) is 0 Å². The summed E-state index contributed by atoms with van der Waals surface area (Å²) < 4.78 is 28.7. The molecule has 2 aromatic carbocycles. The molecule has 0 heterocycles. The number of benzene rings is 2. The van der Waals surface area contributed by atoms with Gasteiger partial charge >= 0.3 is 6.61 Å². The van der Waals surface area contributed by atoms with Crippen LogP contribution >= 0.6 is 0 Å². The molecule has 2 aromatic rings. The molecule has 0 aliphatic carbocycles. The Bertz CT molecular complexity index is 649. The summed E-state index contributed by atoms with van der Waals surface area (Å²) in [6, 6.07) is 13.1. The van der Waals surface area contributed by atoms with Crippen molar-refractivity contribution in [2.75, 3.05) is 13.1 Å². The lowest BCUT2D eigenvalue weighted by atomic mass is 10.1. The molecule has 0 saturated heterocycles. The molecule has 0 aliphatic heterocycles. The number of phenols is 1. The molecular formula is C19H23F2NO3. The second-order valence-electron chi connectivity index (χ2n) is 5.83. The van der Waals surface area contributed by atoms with E-state index in [1.807, 2.05) is 24.0 Å². The zero-order chi connectivity index (χ0) is 18.2. The predicted molar refractivity (Wildman–Crippen MR) is 91.7 cm³/mol. The lowest BCUT2D eigenvalue weighted by Crippen LogP contribution is -2.29. The minimum atomic E-state index is -2.87. The lowest BCUT2D eigenvalue weighted by Gasteiger charge is -2.25. The molecule has 0 bridgehead atoms. The van der Waals surface area contributed by atoms with Crippen molar-refractivity contribution in [3.63, 3.8) is 0 Å². The fraction of sp³-hybridized carbons (Fsp3) is 0.368. The number of aromatic hydroxyl groups is 1. The maximum Gasteiger partial charge on any atom is 0.387 e. The van der Waals surface area contributed by atoms with Crippen LogP contribution in [0.1, 0.15) is 30.6 Å². The third kappa shape index (κ3) is 5.99. The van der Waals surface area contributed by atoms with Crippen LogP contribution in [0, 0.1) is 0 Å². The molecule has 25 heavy (non-hydrogen) atoms. The maximum atomic E-state index is 12.2. The van der Waals surface area contributed by atoms with Crippen molar-refractivity contribution >= 4 is 0 Å². The van der Waals surface area contributed by atoms with Gasteiger partial charge in [0.15, 0.2) is 0 Å². The van der Waals surface area contributed by atoms with E-state index in [1.165, 1.54) is 12.1 Å². The summed E-state index contributed by atoms with van der Waals surface area (Å²) >= 11 is 0. The van der Waals surface area contributed by atoms with E-state index in [0.717, 1.165) is 18.5 Å². The normalized spacial score (nSPS) is 12.6. The largest absolute Gasteiger partial charge is 0.508 e. The topological polar surface area (TPSA) is 52.9 Å². The summed E-state index contributed by atoms with van der Waals surface area (Å²) in [6.07, 6.45) is 0.139. The number of aliphatic hydroxyl groups excluding tert-OH is 1.